The summed E-state index contributed by atoms with van der Waals surface area (Å²) in [6, 6.07) is 28.5. The first-order chi connectivity index (χ1) is 20.7. The van der Waals surface area contributed by atoms with Gasteiger partial charge in [0.05, 0.1) is 5.56 Å². The van der Waals surface area contributed by atoms with E-state index in [-0.39, 0.29) is 23.2 Å². The first kappa shape index (κ1) is 28.9. The predicted molar refractivity (Wildman–Crippen MR) is 156 cm³/mol. The maximum atomic E-state index is 13.6. The smallest absolute Gasteiger partial charge is 0.357 e. The number of alkyl halides is 3. The molecular weight excluding hydrogens is 557 g/mol. The lowest BCUT2D eigenvalue weighted by atomic mass is 9.96. The zero-order valence-corrected chi connectivity index (χ0v) is 22.5. The first-order valence-corrected chi connectivity index (χ1v) is 13.2. The zero-order chi connectivity index (χ0) is 30.4. The van der Waals surface area contributed by atoms with Crippen molar-refractivity contribution >= 4 is 23.4 Å². The molecule has 0 saturated carbocycles. The number of rotatable bonds is 7. The van der Waals surface area contributed by atoms with Crippen LogP contribution in [0.4, 0.5) is 18.9 Å². The summed E-state index contributed by atoms with van der Waals surface area (Å²) in [6.07, 6.45) is -2.62. The minimum Gasteiger partial charge on any atom is -0.357 e. The van der Waals surface area contributed by atoms with Gasteiger partial charge in [-0.1, -0.05) is 66.7 Å². The molecule has 0 saturated heterocycles. The van der Waals surface area contributed by atoms with Crippen LogP contribution in [0.1, 0.15) is 47.9 Å². The Balaban J connectivity index is 1.45. The number of carbonyl (C=O) groups is 3. The molecule has 10 heteroatoms. The van der Waals surface area contributed by atoms with E-state index in [1.54, 1.807) is 60.8 Å². The molecule has 1 heterocycles. The van der Waals surface area contributed by atoms with Crippen LogP contribution in [0.5, 0.6) is 0 Å². The third-order valence-electron chi connectivity index (χ3n) is 6.72. The van der Waals surface area contributed by atoms with Gasteiger partial charge in [0.1, 0.15) is 5.69 Å². The van der Waals surface area contributed by atoms with Gasteiger partial charge in [0.15, 0.2) is 0 Å². The standard InChI is InChI=1S/C33H25F3N4O3/c34-33(35,36)23-17-15-22(16-18-23)24-10-4-5-11-25(24)30(41)38-28-13-6-12-26(27(28)20-21-8-2-1-3-9-21)31(42)39-40-32(43)29-14-7-19-37-29/h1-19,37H,20H2,(H,38,41)(H,39,42)(H,40,43). The van der Waals surface area contributed by atoms with Crippen molar-refractivity contribution in [2.24, 2.45) is 0 Å². The Labute approximate surface area is 244 Å². The highest BCUT2D eigenvalue weighted by Crippen LogP contribution is 2.32. The van der Waals surface area contributed by atoms with Crippen molar-refractivity contribution in [3.63, 3.8) is 0 Å². The van der Waals surface area contributed by atoms with Crippen molar-refractivity contribution in [3.05, 3.63) is 149 Å². The number of aromatic nitrogens is 1. The third-order valence-corrected chi connectivity index (χ3v) is 6.72. The number of carbonyl (C=O) groups excluding carboxylic acids is 3. The highest BCUT2D eigenvalue weighted by molar-refractivity contribution is 6.10. The van der Waals surface area contributed by atoms with Crippen LogP contribution in [0.25, 0.3) is 11.1 Å². The summed E-state index contributed by atoms with van der Waals surface area (Å²) >= 11 is 0. The quantitative estimate of drug-likeness (QED) is 0.162. The van der Waals surface area contributed by atoms with Gasteiger partial charge in [-0.25, -0.2) is 0 Å². The lowest BCUT2D eigenvalue weighted by Gasteiger charge is -2.17. The zero-order valence-electron chi connectivity index (χ0n) is 22.5. The molecule has 0 spiro atoms. The monoisotopic (exact) mass is 582 g/mol. The van der Waals surface area contributed by atoms with E-state index in [2.05, 4.69) is 21.2 Å². The van der Waals surface area contributed by atoms with Gasteiger partial charge < -0.3 is 10.3 Å². The van der Waals surface area contributed by atoms with E-state index in [1.165, 1.54) is 12.1 Å². The van der Waals surface area contributed by atoms with Crippen LogP contribution >= 0.6 is 0 Å². The van der Waals surface area contributed by atoms with Gasteiger partial charge in [-0.15, -0.1) is 0 Å². The molecule has 0 atom stereocenters. The summed E-state index contributed by atoms with van der Waals surface area (Å²) in [6.45, 7) is 0. The Morgan fingerprint density at radius 1 is 0.651 bits per heavy atom. The van der Waals surface area contributed by atoms with Crippen molar-refractivity contribution in [2.75, 3.05) is 5.32 Å². The summed E-state index contributed by atoms with van der Waals surface area (Å²) in [7, 11) is 0. The van der Waals surface area contributed by atoms with Crippen molar-refractivity contribution in [2.45, 2.75) is 12.6 Å². The van der Waals surface area contributed by atoms with Crippen LogP contribution in [-0.2, 0) is 12.6 Å². The van der Waals surface area contributed by atoms with Gasteiger partial charge in [0.2, 0.25) is 0 Å². The lowest BCUT2D eigenvalue weighted by Crippen LogP contribution is -2.42. The molecule has 0 fully saturated rings. The molecule has 5 aromatic rings. The number of hydrogen-bond donors (Lipinski definition) is 4. The fourth-order valence-corrected chi connectivity index (χ4v) is 4.59. The normalized spacial score (nSPS) is 11.0. The van der Waals surface area contributed by atoms with Crippen LogP contribution in [0.3, 0.4) is 0 Å². The Kier molecular flexibility index (Phi) is 8.38. The molecule has 216 valence electrons. The molecule has 0 aliphatic rings. The first-order valence-electron chi connectivity index (χ1n) is 13.2. The summed E-state index contributed by atoms with van der Waals surface area (Å²) in [5.41, 5.74) is 7.35. The molecule has 3 amide bonds. The molecule has 7 nitrogen and oxygen atoms in total. The van der Waals surface area contributed by atoms with Gasteiger partial charge in [0.25, 0.3) is 17.7 Å². The van der Waals surface area contributed by atoms with Crippen LogP contribution in [0.2, 0.25) is 0 Å². The predicted octanol–water partition coefficient (Wildman–Crippen LogP) is 6.62. The average Bonchev–Trinajstić information content (AvgIpc) is 3.56. The SMILES string of the molecule is O=C(NNC(=O)c1cccc(NC(=O)c2ccccc2-c2ccc(C(F)(F)F)cc2)c1Cc1ccccc1)c1ccc[nH]1. The lowest BCUT2D eigenvalue weighted by molar-refractivity contribution is -0.137. The van der Waals surface area contributed by atoms with E-state index >= 15 is 0 Å². The summed E-state index contributed by atoms with van der Waals surface area (Å²) in [5, 5.41) is 2.88. The van der Waals surface area contributed by atoms with Gasteiger partial charge in [-0.2, -0.15) is 13.2 Å². The Morgan fingerprint density at radius 3 is 2.02 bits per heavy atom. The largest absolute Gasteiger partial charge is 0.416 e. The van der Waals surface area contributed by atoms with E-state index in [0.717, 1.165) is 17.7 Å². The van der Waals surface area contributed by atoms with Gasteiger partial charge >= 0.3 is 6.18 Å². The highest BCUT2D eigenvalue weighted by atomic mass is 19.4. The fourth-order valence-electron chi connectivity index (χ4n) is 4.59. The van der Waals surface area contributed by atoms with Gasteiger partial charge in [-0.05, 0) is 64.7 Å². The second-order valence-electron chi connectivity index (χ2n) is 9.56. The van der Waals surface area contributed by atoms with Crippen molar-refractivity contribution < 1.29 is 27.6 Å². The number of anilines is 1. The molecule has 4 N–H and O–H groups in total. The molecular formula is C33H25F3N4O3. The van der Waals surface area contributed by atoms with Gasteiger partial charge in [-0.3, -0.25) is 25.2 Å². The fraction of sp³-hybridized carbons (Fsp3) is 0.0606. The number of halogens is 3. The van der Waals surface area contributed by atoms with Crippen LogP contribution < -0.4 is 16.2 Å². The molecule has 0 aliphatic carbocycles. The third kappa shape index (κ3) is 6.82. The van der Waals surface area contributed by atoms with Crippen LogP contribution in [0, 0.1) is 0 Å². The number of nitrogens with one attached hydrogen (secondary N) is 4. The number of benzene rings is 4. The Hall–Kier alpha value is -5.64. The highest BCUT2D eigenvalue weighted by Gasteiger charge is 2.30. The van der Waals surface area contributed by atoms with Crippen molar-refractivity contribution in [1.29, 1.82) is 0 Å². The topological polar surface area (TPSA) is 103 Å². The molecule has 0 unspecified atom stereocenters. The molecule has 5 rings (SSSR count). The molecule has 0 radical (unpaired) electrons. The Morgan fingerprint density at radius 2 is 1.33 bits per heavy atom. The van der Waals surface area contributed by atoms with E-state index < -0.39 is 29.5 Å². The number of aromatic amines is 1. The minimum absolute atomic E-state index is 0.226. The molecule has 4 aromatic carbocycles. The maximum Gasteiger partial charge on any atom is 0.416 e. The van der Waals surface area contributed by atoms with E-state index in [0.29, 0.717) is 22.4 Å². The number of hydrazine groups is 1. The number of hydrogen-bond acceptors (Lipinski definition) is 3. The number of H-pyrrole nitrogens is 1. The maximum absolute atomic E-state index is 13.6. The molecule has 1 aromatic heterocycles. The van der Waals surface area contributed by atoms with E-state index in [1.807, 2.05) is 30.3 Å². The second-order valence-corrected chi connectivity index (χ2v) is 9.56. The van der Waals surface area contributed by atoms with Gasteiger partial charge in [0, 0.05) is 29.4 Å². The molecule has 0 bridgehead atoms. The summed E-state index contributed by atoms with van der Waals surface area (Å²) < 4.78 is 39.3. The van der Waals surface area contributed by atoms with E-state index in [4.69, 9.17) is 0 Å². The van der Waals surface area contributed by atoms with Crippen LogP contribution in [-0.4, -0.2) is 22.7 Å². The summed E-state index contributed by atoms with van der Waals surface area (Å²) in [5.74, 6) is -1.64. The number of amides is 3. The summed E-state index contributed by atoms with van der Waals surface area (Å²) in [4.78, 5) is 41.9. The molecule has 43 heavy (non-hydrogen) atoms. The van der Waals surface area contributed by atoms with E-state index in [9.17, 15) is 27.6 Å². The minimum atomic E-state index is -4.48. The average molecular weight is 583 g/mol. The van der Waals surface area contributed by atoms with Crippen molar-refractivity contribution in [1.82, 2.24) is 15.8 Å². The second kappa shape index (κ2) is 12.5. The molecule has 0 aliphatic heterocycles. The van der Waals surface area contributed by atoms with Crippen molar-refractivity contribution in [3.8, 4) is 11.1 Å². The van der Waals surface area contributed by atoms with Crippen LogP contribution in [0.15, 0.2) is 115 Å². The Bertz CT molecular complexity index is 1750.